The van der Waals surface area contributed by atoms with Gasteiger partial charge in [0.2, 0.25) is 0 Å². The Morgan fingerprint density at radius 2 is 2.00 bits per heavy atom. The number of aryl methyl sites for hydroxylation is 1. The standard InChI is InChI=1S/C16H13ClN2O3/c1-10-2-7-13(8-14(10)17)21-9-11-3-5-12(6-4-11)15-18-16(20)22-19-15/h2-8H,9H2,1H3,(H,18,19,20). The molecule has 0 aliphatic heterocycles. The monoisotopic (exact) mass is 316 g/mol. The van der Waals surface area contributed by atoms with Crippen LogP contribution in [-0.4, -0.2) is 10.1 Å². The maximum absolute atomic E-state index is 10.9. The molecule has 22 heavy (non-hydrogen) atoms. The number of hydrogen-bond acceptors (Lipinski definition) is 4. The third-order valence-corrected chi connectivity index (χ3v) is 3.62. The van der Waals surface area contributed by atoms with Crippen LogP contribution in [0.2, 0.25) is 5.02 Å². The number of aromatic amines is 1. The van der Waals surface area contributed by atoms with Crippen LogP contribution in [0.15, 0.2) is 51.8 Å². The summed E-state index contributed by atoms with van der Waals surface area (Å²) in [6, 6.07) is 13.1. The molecule has 0 saturated heterocycles. The van der Waals surface area contributed by atoms with E-state index in [1.165, 1.54) is 0 Å². The van der Waals surface area contributed by atoms with E-state index < -0.39 is 5.76 Å². The first-order chi connectivity index (χ1) is 10.6. The van der Waals surface area contributed by atoms with Crippen molar-refractivity contribution in [3.63, 3.8) is 0 Å². The van der Waals surface area contributed by atoms with E-state index >= 15 is 0 Å². The van der Waals surface area contributed by atoms with Crippen LogP contribution in [0.25, 0.3) is 11.4 Å². The van der Waals surface area contributed by atoms with Crippen molar-refractivity contribution in [2.45, 2.75) is 13.5 Å². The number of ether oxygens (including phenoxy) is 1. The van der Waals surface area contributed by atoms with Gasteiger partial charge in [-0.15, -0.1) is 0 Å². The number of rotatable bonds is 4. The van der Waals surface area contributed by atoms with Gasteiger partial charge in [0.25, 0.3) is 0 Å². The minimum Gasteiger partial charge on any atom is -0.489 e. The molecule has 1 N–H and O–H groups in total. The molecule has 0 aliphatic rings. The topological polar surface area (TPSA) is 68.1 Å². The van der Waals surface area contributed by atoms with Crippen LogP contribution in [0.3, 0.4) is 0 Å². The fourth-order valence-corrected chi connectivity index (χ4v) is 2.11. The van der Waals surface area contributed by atoms with Crippen LogP contribution in [0, 0.1) is 6.92 Å². The van der Waals surface area contributed by atoms with Crippen LogP contribution >= 0.6 is 11.6 Å². The van der Waals surface area contributed by atoms with E-state index in [1.54, 1.807) is 6.07 Å². The van der Waals surface area contributed by atoms with Crippen LogP contribution < -0.4 is 10.5 Å². The van der Waals surface area contributed by atoms with Gasteiger partial charge in [-0.25, -0.2) is 4.79 Å². The van der Waals surface area contributed by atoms with Gasteiger partial charge in [-0.2, -0.15) is 0 Å². The van der Waals surface area contributed by atoms with Crippen molar-refractivity contribution < 1.29 is 9.26 Å². The number of H-pyrrole nitrogens is 1. The highest BCUT2D eigenvalue weighted by atomic mass is 35.5. The fourth-order valence-electron chi connectivity index (χ4n) is 1.94. The lowest BCUT2D eigenvalue weighted by Crippen LogP contribution is -1.96. The number of halogens is 1. The Morgan fingerprint density at radius 1 is 1.23 bits per heavy atom. The Kier molecular flexibility index (Phi) is 3.98. The molecule has 0 aliphatic carbocycles. The Morgan fingerprint density at radius 3 is 2.64 bits per heavy atom. The summed E-state index contributed by atoms with van der Waals surface area (Å²) in [6.07, 6.45) is 0. The smallest absolute Gasteiger partial charge is 0.439 e. The lowest BCUT2D eigenvalue weighted by Gasteiger charge is -2.08. The summed E-state index contributed by atoms with van der Waals surface area (Å²) >= 11 is 6.06. The van der Waals surface area contributed by atoms with E-state index in [-0.39, 0.29) is 0 Å². The first-order valence-corrected chi connectivity index (χ1v) is 7.04. The molecule has 0 radical (unpaired) electrons. The van der Waals surface area contributed by atoms with Crippen LogP contribution in [0.4, 0.5) is 0 Å². The van der Waals surface area contributed by atoms with E-state index in [1.807, 2.05) is 43.3 Å². The lowest BCUT2D eigenvalue weighted by molar-refractivity contribution is 0.306. The average molecular weight is 317 g/mol. The van der Waals surface area contributed by atoms with Gasteiger partial charge in [0.15, 0.2) is 5.82 Å². The minimum atomic E-state index is -0.571. The highest BCUT2D eigenvalue weighted by Gasteiger charge is 2.04. The Balaban J connectivity index is 1.68. The van der Waals surface area contributed by atoms with Gasteiger partial charge in [0.05, 0.1) is 0 Å². The zero-order valence-electron chi connectivity index (χ0n) is 11.8. The van der Waals surface area contributed by atoms with Crippen molar-refractivity contribution in [3.05, 3.63) is 69.2 Å². The Hall–Kier alpha value is -2.53. The third-order valence-electron chi connectivity index (χ3n) is 3.22. The van der Waals surface area contributed by atoms with Crippen molar-refractivity contribution >= 4 is 11.6 Å². The zero-order chi connectivity index (χ0) is 15.5. The molecule has 0 unspecified atom stereocenters. The van der Waals surface area contributed by atoms with E-state index in [0.717, 1.165) is 22.4 Å². The molecule has 0 atom stereocenters. The minimum absolute atomic E-state index is 0.405. The predicted octanol–water partition coefficient (Wildman–Crippen LogP) is 3.57. The van der Waals surface area contributed by atoms with Crippen molar-refractivity contribution in [3.8, 4) is 17.1 Å². The highest BCUT2D eigenvalue weighted by Crippen LogP contribution is 2.22. The third kappa shape index (κ3) is 3.20. The highest BCUT2D eigenvalue weighted by molar-refractivity contribution is 6.31. The molecule has 3 rings (SSSR count). The molecule has 6 heteroatoms. The summed E-state index contributed by atoms with van der Waals surface area (Å²) in [5.41, 5.74) is 2.78. The Bertz CT molecular complexity index is 837. The number of nitrogens with zero attached hydrogens (tertiary/aromatic N) is 1. The van der Waals surface area contributed by atoms with Crippen molar-refractivity contribution in [2.24, 2.45) is 0 Å². The van der Waals surface area contributed by atoms with Crippen LogP contribution in [0.5, 0.6) is 5.75 Å². The summed E-state index contributed by atoms with van der Waals surface area (Å²) in [7, 11) is 0. The lowest BCUT2D eigenvalue weighted by atomic mass is 10.1. The average Bonchev–Trinajstić information content (AvgIpc) is 2.95. The number of aromatic nitrogens is 2. The molecule has 3 aromatic rings. The second-order valence-electron chi connectivity index (χ2n) is 4.84. The summed E-state index contributed by atoms with van der Waals surface area (Å²) in [5, 5.41) is 4.32. The molecule has 0 saturated carbocycles. The van der Waals surface area contributed by atoms with E-state index in [4.69, 9.17) is 16.3 Å². The summed E-state index contributed by atoms with van der Waals surface area (Å²) in [5.74, 6) is 0.557. The number of benzene rings is 2. The molecule has 0 spiro atoms. The molecule has 1 heterocycles. The Labute approximate surface area is 131 Å². The predicted molar refractivity (Wildman–Crippen MR) is 83.1 cm³/mol. The molecule has 112 valence electrons. The van der Waals surface area contributed by atoms with Gasteiger partial charge in [0, 0.05) is 10.6 Å². The second-order valence-corrected chi connectivity index (χ2v) is 5.25. The summed E-state index contributed by atoms with van der Waals surface area (Å²) in [4.78, 5) is 13.4. The normalized spacial score (nSPS) is 10.6. The van der Waals surface area contributed by atoms with Crippen molar-refractivity contribution in [2.75, 3.05) is 0 Å². The first-order valence-electron chi connectivity index (χ1n) is 6.66. The molecule has 0 bridgehead atoms. The van der Waals surface area contributed by atoms with Gasteiger partial charge in [-0.1, -0.05) is 47.1 Å². The van der Waals surface area contributed by atoms with Gasteiger partial charge in [-0.3, -0.25) is 9.51 Å². The fraction of sp³-hybridized carbons (Fsp3) is 0.125. The summed E-state index contributed by atoms with van der Waals surface area (Å²) < 4.78 is 10.2. The number of hydrogen-bond donors (Lipinski definition) is 1. The number of nitrogens with one attached hydrogen (secondary N) is 1. The maximum atomic E-state index is 10.9. The van der Waals surface area contributed by atoms with Crippen molar-refractivity contribution in [1.29, 1.82) is 0 Å². The molecular formula is C16H13ClN2O3. The van der Waals surface area contributed by atoms with Gasteiger partial charge < -0.3 is 4.74 Å². The van der Waals surface area contributed by atoms with Gasteiger partial charge in [0.1, 0.15) is 12.4 Å². The van der Waals surface area contributed by atoms with Gasteiger partial charge >= 0.3 is 5.76 Å². The molecule has 5 nitrogen and oxygen atoms in total. The van der Waals surface area contributed by atoms with E-state index in [0.29, 0.717) is 17.5 Å². The second kappa shape index (κ2) is 6.07. The SMILES string of the molecule is Cc1ccc(OCc2ccc(-c3noc(=O)[nH]3)cc2)cc1Cl. The molecule has 2 aromatic carbocycles. The molecule has 1 aromatic heterocycles. The molecule has 0 amide bonds. The van der Waals surface area contributed by atoms with E-state index in [9.17, 15) is 4.79 Å². The zero-order valence-corrected chi connectivity index (χ0v) is 12.6. The van der Waals surface area contributed by atoms with Crippen molar-refractivity contribution in [1.82, 2.24) is 10.1 Å². The van der Waals surface area contributed by atoms with Crippen LogP contribution in [-0.2, 0) is 6.61 Å². The largest absolute Gasteiger partial charge is 0.489 e. The molecular weight excluding hydrogens is 304 g/mol. The van der Waals surface area contributed by atoms with Gasteiger partial charge in [-0.05, 0) is 30.2 Å². The van der Waals surface area contributed by atoms with Crippen LogP contribution in [0.1, 0.15) is 11.1 Å². The maximum Gasteiger partial charge on any atom is 0.439 e. The summed E-state index contributed by atoms with van der Waals surface area (Å²) in [6.45, 7) is 2.37. The molecule has 0 fully saturated rings. The van der Waals surface area contributed by atoms with E-state index in [2.05, 4.69) is 14.7 Å². The quantitative estimate of drug-likeness (QED) is 0.799. The first kappa shape index (κ1) is 14.4.